The molecule has 0 aliphatic rings. The molecular formula is C14H15N3O2. The zero-order valence-corrected chi connectivity index (χ0v) is 10.8. The minimum absolute atomic E-state index is 0.562. The van der Waals surface area contributed by atoms with E-state index >= 15 is 0 Å². The van der Waals surface area contributed by atoms with Crippen LogP contribution in [-0.2, 0) is 4.79 Å². The summed E-state index contributed by atoms with van der Waals surface area (Å²) in [5, 5.41) is 9.79. The highest BCUT2D eigenvalue weighted by atomic mass is 16.4. The van der Waals surface area contributed by atoms with Gasteiger partial charge in [-0.15, -0.1) is 0 Å². The molecule has 0 amide bonds. The average molecular weight is 259 g/mol. The molecule has 0 atom stereocenters. The summed E-state index contributed by atoms with van der Waals surface area (Å²) in [7, 11) is 0. The lowest BCUT2D eigenvalue weighted by atomic mass is 10.1. The molecule has 98 valence electrons. The first-order valence-electron chi connectivity index (χ1n) is 5.82. The van der Waals surface area contributed by atoms with Gasteiger partial charge in [-0.05, 0) is 13.0 Å². The predicted octanol–water partition coefficient (Wildman–Crippen LogP) is 2.70. The predicted molar refractivity (Wildman–Crippen MR) is 76.1 cm³/mol. The van der Waals surface area contributed by atoms with Gasteiger partial charge < -0.3 is 15.8 Å². The van der Waals surface area contributed by atoms with Gasteiger partial charge in [0.15, 0.2) is 0 Å². The lowest BCUT2D eigenvalue weighted by Crippen LogP contribution is -1.91. The fourth-order valence-electron chi connectivity index (χ4n) is 2.09. The Morgan fingerprint density at radius 3 is 2.68 bits per heavy atom. The molecule has 0 aliphatic carbocycles. The zero-order valence-electron chi connectivity index (χ0n) is 10.8. The van der Waals surface area contributed by atoms with Gasteiger partial charge in [0, 0.05) is 35.0 Å². The second kappa shape index (κ2) is 4.97. The van der Waals surface area contributed by atoms with Crippen LogP contribution in [0.15, 0.2) is 30.3 Å². The van der Waals surface area contributed by atoms with Crippen molar-refractivity contribution in [1.82, 2.24) is 9.97 Å². The van der Waals surface area contributed by atoms with E-state index in [0.29, 0.717) is 5.82 Å². The number of rotatable bonds is 0. The van der Waals surface area contributed by atoms with Crippen LogP contribution in [0.25, 0.3) is 21.8 Å². The molecule has 0 spiro atoms. The number of aryl methyl sites for hydroxylation is 1. The number of carbonyl (C=O) groups is 1. The molecule has 0 bridgehead atoms. The Kier molecular flexibility index (Phi) is 3.37. The standard InChI is InChI=1S/C12H11N3.C2H4O2/c1-7-12-8-4-2-3-5-9(8)15-10(12)6-11(13)14-7;1-2(3)4/h2-6,15H,1H3,(H2,13,14);1H3,(H,3,4)/i11+2;. The molecule has 3 rings (SSSR count). The first kappa shape index (κ1) is 12.9. The summed E-state index contributed by atoms with van der Waals surface area (Å²) in [6, 6.07) is 10.1. The van der Waals surface area contributed by atoms with Crippen molar-refractivity contribution in [1.29, 1.82) is 0 Å². The fourth-order valence-corrected chi connectivity index (χ4v) is 2.09. The van der Waals surface area contributed by atoms with Gasteiger partial charge in [0.25, 0.3) is 5.97 Å². The van der Waals surface area contributed by atoms with Crippen molar-refractivity contribution in [3.8, 4) is 0 Å². The summed E-state index contributed by atoms with van der Waals surface area (Å²) in [4.78, 5) is 16.6. The Morgan fingerprint density at radius 2 is 2.00 bits per heavy atom. The molecule has 0 radical (unpaired) electrons. The highest BCUT2D eigenvalue weighted by Crippen LogP contribution is 2.27. The van der Waals surface area contributed by atoms with Crippen LogP contribution >= 0.6 is 0 Å². The van der Waals surface area contributed by atoms with Crippen molar-refractivity contribution in [2.45, 2.75) is 13.8 Å². The summed E-state index contributed by atoms with van der Waals surface area (Å²) in [6.07, 6.45) is 0. The van der Waals surface area contributed by atoms with E-state index in [-0.39, 0.29) is 0 Å². The lowest BCUT2D eigenvalue weighted by Gasteiger charge is -1.98. The number of hydrogen-bond donors (Lipinski definition) is 3. The molecule has 5 heteroatoms. The highest BCUT2D eigenvalue weighted by Gasteiger charge is 2.07. The van der Waals surface area contributed by atoms with E-state index in [2.05, 4.69) is 22.1 Å². The quantitative estimate of drug-likeness (QED) is 0.578. The van der Waals surface area contributed by atoms with Crippen molar-refractivity contribution >= 4 is 33.6 Å². The Bertz CT molecular complexity index is 743. The number of H-pyrrole nitrogens is 1. The maximum atomic E-state index is 9.00. The van der Waals surface area contributed by atoms with E-state index in [1.165, 1.54) is 10.8 Å². The molecule has 2 aromatic heterocycles. The van der Waals surface area contributed by atoms with Crippen molar-refractivity contribution in [3.05, 3.63) is 36.0 Å². The van der Waals surface area contributed by atoms with Gasteiger partial charge >= 0.3 is 0 Å². The van der Waals surface area contributed by atoms with E-state index in [4.69, 9.17) is 15.6 Å². The Balaban J connectivity index is 0.000000297. The monoisotopic (exact) mass is 259 g/mol. The summed E-state index contributed by atoms with van der Waals surface area (Å²) in [6.45, 7) is 3.07. The number of aliphatic carboxylic acids is 1. The SMILES string of the molecule is CC(=O)O.Cc1n[14c](N)cc2[nH]c3ccccc3c12. The largest absolute Gasteiger partial charge is 0.481 e. The highest BCUT2D eigenvalue weighted by molar-refractivity contribution is 6.08. The first-order valence-corrected chi connectivity index (χ1v) is 5.82. The number of nitrogens with one attached hydrogen (secondary N) is 1. The molecule has 2 heterocycles. The maximum absolute atomic E-state index is 9.00. The molecule has 0 fully saturated rings. The van der Waals surface area contributed by atoms with Crippen molar-refractivity contribution in [2.75, 3.05) is 5.73 Å². The van der Waals surface area contributed by atoms with Gasteiger partial charge in [-0.3, -0.25) is 4.79 Å². The van der Waals surface area contributed by atoms with Gasteiger partial charge in [-0.1, -0.05) is 18.2 Å². The summed E-state index contributed by atoms with van der Waals surface area (Å²) >= 11 is 0. The maximum Gasteiger partial charge on any atom is 0.300 e. The lowest BCUT2D eigenvalue weighted by molar-refractivity contribution is -0.134. The third-order valence-electron chi connectivity index (χ3n) is 2.69. The van der Waals surface area contributed by atoms with E-state index in [1.807, 2.05) is 25.1 Å². The number of benzene rings is 1. The van der Waals surface area contributed by atoms with Crippen molar-refractivity contribution in [2.24, 2.45) is 0 Å². The fraction of sp³-hybridized carbons (Fsp3) is 0.143. The molecule has 0 saturated heterocycles. The van der Waals surface area contributed by atoms with E-state index in [9.17, 15) is 0 Å². The van der Waals surface area contributed by atoms with Crippen LogP contribution < -0.4 is 5.73 Å². The van der Waals surface area contributed by atoms with Crippen LogP contribution in [0, 0.1) is 6.92 Å². The minimum Gasteiger partial charge on any atom is -0.481 e. The number of aromatic amines is 1. The van der Waals surface area contributed by atoms with Gasteiger partial charge in [0.2, 0.25) is 0 Å². The number of nitrogens with zero attached hydrogens (tertiary/aromatic N) is 1. The summed E-state index contributed by atoms with van der Waals surface area (Å²) in [5.74, 6) is -0.272. The number of pyridine rings is 1. The average Bonchev–Trinajstić information content (AvgIpc) is 2.65. The number of para-hydroxylation sites is 1. The Morgan fingerprint density at radius 1 is 1.37 bits per heavy atom. The van der Waals surface area contributed by atoms with Crippen LogP contribution in [0.1, 0.15) is 12.6 Å². The number of carboxylic acid groups (broad SMARTS) is 1. The first-order chi connectivity index (χ1) is 8.99. The number of hydrogen-bond acceptors (Lipinski definition) is 3. The molecule has 0 unspecified atom stereocenters. The number of nitrogens with two attached hydrogens (primary N) is 1. The molecule has 1 aromatic carbocycles. The van der Waals surface area contributed by atoms with Crippen LogP contribution in [0.3, 0.4) is 0 Å². The second-order valence-electron chi connectivity index (χ2n) is 4.24. The van der Waals surface area contributed by atoms with Crippen LogP contribution in [0.4, 0.5) is 5.82 Å². The Hall–Kier alpha value is -2.56. The van der Waals surface area contributed by atoms with Gasteiger partial charge in [-0.25, -0.2) is 4.98 Å². The Labute approximate surface area is 110 Å². The van der Waals surface area contributed by atoms with E-state index < -0.39 is 5.97 Å². The van der Waals surface area contributed by atoms with Gasteiger partial charge in [0.05, 0.1) is 5.52 Å². The smallest absolute Gasteiger partial charge is 0.300 e. The topological polar surface area (TPSA) is 92.0 Å². The third-order valence-corrected chi connectivity index (χ3v) is 2.69. The normalized spacial score (nSPS) is 10.2. The van der Waals surface area contributed by atoms with Gasteiger partial charge in [0.1, 0.15) is 5.82 Å². The number of aromatic nitrogens is 2. The number of nitrogen functional groups attached to an aromatic ring is 1. The van der Waals surface area contributed by atoms with Crippen LogP contribution in [0.5, 0.6) is 0 Å². The van der Waals surface area contributed by atoms with Crippen LogP contribution in [-0.4, -0.2) is 21.0 Å². The van der Waals surface area contributed by atoms with E-state index in [0.717, 1.165) is 23.7 Å². The number of anilines is 1. The van der Waals surface area contributed by atoms with E-state index in [1.54, 1.807) is 0 Å². The van der Waals surface area contributed by atoms with Crippen molar-refractivity contribution in [3.63, 3.8) is 0 Å². The summed E-state index contributed by atoms with van der Waals surface area (Å²) < 4.78 is 0. The molecule has 19 heavy (non-hydrogen) atoms. The summed E-state index contributed by atoms with van der Waals surface area (Å²) in [5.41, 5.74) is 8.87. The molecule has 0 saturated carbocycles. The number of carboxylic acids is 1. The zero-order chi connectivity index (χ0) is 14.0. The second-order valence-corrected chi connectivity index (χ2v) is 4.24. The molecular weight excluding hydrogens is 244 g/mol. The molecule has 5 nitrogen and oxygen atoms in total. The van der Waals surface area contributed by atoms with Gasteiger partial charge in [-0.2, -0.15) is 0 Å². The van der Waals surface area contributed by atoms with Crippen LogP contribution in [0.2, 0.25) is 0 Å². The molecule has 4 N–H and O–H groups in total. The van der Waals surface area contributed by atoms with Crippen molar-refractivity contribution < 1.29 is 9.90 Å². The minimum atomic E-state index is -0.833. The number of fused-ring (bicyclic) bond motifs is 3. The third kappa shape index (κ3) is 2.65. The molecule has 3 aromatic rings. The molecule has 0 aliphatic heterocycles.